The standard InChI is InChI=1S/C16H17ClN2O3S2/c1-23-7-6-13(16(21)22)19-14(20)8-10-9-24-15(18-10)11-4-2-3-5-12(11)17/h2-5,9,13H,6-8H2,1H3,(H,19,20)(H,21,22). The molecule has 0 bridgehead atoms. The van der Waals surface area contributed by atoms with E-state index in [-0.39, 0.29) is 12.3 Å². The zero-order valence-corrected chi connectivity index (χ0v) is 15.4. The second-order valence-electron chi connectivity index (χ2n) is 5.04. The van der Waals surface area contributed by atoms with Crippen molar-refractivity contribution in [2.45, 2.75) is 18.9 Å². The maximum absolute atomic E-state index is 12.1. The molecule has 0 aliphatic carbocycles. The Labute approximate surface area is 153 Å². The van der Waals surface area contributed by atoms with E-state index in [0.29, 0.717) is 22.9 Å². The first kappa shape index (κ1) is 18.8. The van der Waals surface area contributed by atoms with Crippen LogP contribution >= 0.6 is 34.7 Å². The summed E-state index contributed by atoms with van der Waals surface area (Å²) >= 11 is 9.09. The number of rotatable bonds is 8. The number of aromatic nitrogens is 1. The molecule has 0 spiro atoms. The normalized spacial score (nSPS) is 11.9. The number of carbonyl (C=O) groups excluding carboxylic acids is 1. The van der Waals surface area contributed by atoms with Crippen molar-refractivity contribution in [2.75, 3.05) is 12.0 Å². The number of nitrogens with zero attached hydrogens (tertiary/aromatic N) is 1. The average molecular weight is 385 g/mol. The lowest BCUT2D eigenvalue weighted by Crippen LogP contribution is -2.41. The van der Waals surface area contributed by atoms with Crippen LogP contribution in [0.4, 0.5) is 0 Å². The molecule has 1 heterocycles. The molecule has 128 valence electrons. The van der Waals surface area contributed by atoms with E-state index >= 15 is 0 Å². The summed E-state index contributed by atoms with van der Waals surface area (Å²) in [6.07, 6.45) is 2.33. The van der Waals surface area contributed by atoms with Crippen LogP contribution in [0.2, 0.25) is 5.02 Å². The van der Waals surface area contributed by atoms with Gasteiger partial charge in [-0.25, -0.2) is 9.78 Å². The van der Waals surface area contributed by atoms with Crippen LogP contribution in [0, 0.1) is 0 Å². The second-order valence-corrected chi connectivity index (χ2v) is 7.29. The lowest BCUT2D eigenvalue weighted by Gasteiger charge is -2.13. The SMILES string of the molecule is CSCCC(NC(=O)Cc1csc(-c2ccccc2Cl)n1)C(=O)O. The third kappa shape index (κ3) is 5.22. The second kappa shape index (κ2) is 9.05. The van der Waals surface area contributed by atoms with Crippen molar-refractivity contribution >= 4 is 46.6 Å². The van der Waals surface area contributed by atoms with Gasteiger partial charge < -0.3 is 10.4 Å². The molecule has 2 N–H and O–H groups in total. The molecule has 1 unspecified atom stereocenters. The first-order valence-electron chi connectivity index (χ1n) is 7.21. The highest BCUT2D eigenvalue weighted by Crippen LogP contribution is 2.30. The van der Waals surface area contributed by atoms with Gasteiger partial charge in [-0.1, -0.05) is 29.8 Å². The topological polar surface area (TPSA) is 79.3 Å². The fourth-order valence-electron chi connectivity index (χ4n) is 2.05. The highest BCUT2D eigenvalue weighted by molar-refractivity contribution is 7.98. The zero-order valence-electron chi connectivity index (χ0n) is 13.0. The Morgan fingerprint density at radius 1 is 1.42 bits per heavy atom. The molecular formula is C16H17ClN2O3S2. The average Bonchev–Trinajstić information content (AvgIpc) is 2.99. The molecule has 8 heteroatoms. The molecule has 0 saturated heterocycles. The van der Waals surface area contributed by atoms with Crippen LogP contribution in [-0.4, -0.2) is 40.0 Å². The van der Waals surface area contributed by atoms with Crippen LogP contribution in [0.5, 0.6) is 0 Å². The smallest absolute Gasteiger partial charge is 0.326 e. The summed E-state index contributed by atoms with van der Waals surface area (Å²) in [5, 5.41) is 14.8. The molecule has 0 radical (unpaired) electrons. The number of carbonyl (C=O) groups is 2. The molecule has 0 fully saturated rings. The van der Waals surface area contributed by atoms with Crippen molar-refractivity contribution in [1.29, 1.82) is 0 Å². The molecule has 2 aromatic rings. The number of carboxylic acids is 1. The molecular weight excluding hydrogens is 368 g/mol. The van der Waals surface area contributed by atoms with E-state index in [1.165, 1.54) is 11.3 Å². The van der Waals surface area contributed by atoms with Gasteiger partial charge in [0.25, 0.3) is 0 Å². The van der Waals surface area contributed by atoms with E-state index in [1.807, 2.05) is 24.5 Å². The van der Waals surface area contributed by atoms with Gasteiger partial charge in [0.2, 0.25) is 5.91 Å². The van der Waals surface area contributed by atoms with Gasteiger partial charge in [0.05, 0.1) is 17.1 Å². The van der Waals surface area contributed by atoms with Gasteiger partial charge in [-0.15, -0.1) is 11.3 Å². The summed E-state index contributed by atoms with van der Waals surface area (Å²) in [7, 11) is 0. The Morgan fingerprint density at radius 3 is 2.83 bits per heavy atom. The van der Waals surface area contributed by atoms with Crippen molar-refractivity contribution < 1.29 is 14.7 Å². The Balaban J connectivity index is 2.00. The predicted octanol–water partition coefficient (Wildman–Crippen LogP) is 3.33. The highest BCUT2D eigenvalue weighted by Gasteiger charge is 2.20. The van der Waals surface area contributed by atoms with Gasteiger partial charge in [-0.2, -0.15) is 11.8 Å². The maximum atomic E-state index is 12.1. The van der Waals surface area contributed by atoms with Crippen LogP contribution in [0.3, 0.4) is 0 Å². The summed E-state index contributed by atoms with van der Waals surface area (Å²) in [6.45, 7) is 0. The fourth-order valence-corrected chi connectivity index (χ4v) is 3.66. The molecule has 1 amide bonds. The van der Waals surface area contributed by atoms with Crippen LogP contribution in [0.15, 0.2) is 29.6 Å². The molecule has 1 atom stereocenters. The third-order valence-electron chi connectivity index (χ3n) is 3.24. The number of hydrogen-bond acceptors (Lipinski definition) is 5. The van der Waals surface area contributed by atoms with Crippen molar-refractivity contribution in [3.8, 4) is 10.6 Å². The van der Waals surface area contributed by atoms with Crippen molar-refractivity contribution in [3.05, 3.63) is 40.4 Å². The Morgan fingerprint density at radius 2 is 2.17 bits per heavy atom. The van der Waals surface area contributed by atoms with E-state index in [9.17, 15) is 9.59 Å². The van der Waals surface area contributed by atoms with E-state index < -0.39 is 12.0 Å². The molecule has 24 heavy (non-hydrogen) atoms. The van der Waals surface area contributed by atoms with Crippen LogP contribution in [0.25, 0.3) is 10.6 Å². The fraction of sp³-hybridized carbons (Fsp3) is 0.312. The van der Waals surface area contributed by atoms with E-state index in [2.05, 4.69) is 10.3 Å². The van der Waals surface area contributed by atoms with Gasteiger partial charge in [-0.3, -0.25) is 4.79 Å². The van der Waals surface area contributed by atoms with E-state index in [0.717, 1.165) is 10.6 Å². The first-order chi connectivity index (χ1) is 11.5. The lowest BCUT2D eigenvalue weighted by atomic mass is 10.2. The molecule has 1 aromatic heterocycles. The van der Waals surface area contributed by atoms with Gasteiger partial charge in [0.15, 0.2) is 0 Å². The number of amides is 1. The monoisotopic (exact) mass is 384 g/mol. The number of thiazole rings is 1. The molecule has 2 rings (SSSR count). The highest BCUT2D eigenvalue weighted by atomic mass is 35.5. The minimum absolute atomic E-state index is 0.0456. The number of halogens is 1. The number of carboxylic acid groups (broad SMARTS) is 1. The minimum Gasteiger partial charge on any atom is -0.480 e. The molecule has 5 nitrogen and oxygen atoms in total. The number of thioether (sulfide) groups is 1. The summed E-state index contributed by atoms with van der Waals surface area (Å²) in [5.74, 6) is -0.697. The van der Waals surface area contributed by atoms with Crippen LogP contribution < -0.4 is 5.32 Å². The zero-order chi connectivity index (χ0) is 17.5. The molecule has 0 aliphatic heterocycles. The van der Waals surface area contributed by atoms with Gasteiger partial charge >= 0.3 is 5.97 Å². The quantitative estimate of drug-likeness (QED) is 0.729. The lowest BCUT2D eigenvalue weighted by molar-refractivity contribution is -0.141. The minimum atomic E-state index is -1.02. The van der Waals surface area contributed by atoms with Gasteiger partial charge in [0.1, 0.15) is 11.0 Å². The third-order valence-corrected chi connectivity index (χ3v) is 5.14. The number of nitrogens with one attached hydrogen (secondary N) is 1. The summed E-state index contributed by atoms with van der Waals surface area (Å²) in [4.78, 5) is 27.6. The van der Waals surface area contributed by atoms with Crippen molar-refractivity contribution in [2.24, 2.45) is 0 Å². The predicted molar refractivity (Wildman–Crippen MR) is 98.8 cm³/mol. The first-order valence-corrected chi connectivity index (χ1v) is 9.86. The molecule has 1 aromatic carbocycles. The Kier molecular flexibility index (Phi) is 7.08. The maximum Gasteiger partial charge on any atom is 0.326 e. The number of hydrogen-bond donors (Lipinski definition) is 2. The van der Waals surface area contributed by atoms with Crippen LogP contribution in [-0.2, 0) is 16.0 Å². The number of aliphatic carboxylic acids is 1. The largest absolute Gasteiger partial charge is 0.480 e. The summed E-state index contributed by atoms with van der Waals surface area (Å²) in [5.41, 5.74) is 1.42. The van der Waals surface area contributed by atoms with Gasteiger partial charge in [-0.05, 0) is 24.5 Å². The van der Waals surface area contributed by atoms with Crippen molar-refractivity contribution in [1.82, 2.24) is 10.3 Å². The molecule has 0 saturated carbocycles. The van der Waals surface area contributed by atoms with E-state index in [4.69, 9.17) is 16.7 Å². The van der Waals surface area contributed by atoms with Gasteiger partial charge in [0, 0.05) is 10.9 Å². The summed E-state index contributed by atoms with van der Waals surface area (Å²) < 4.78 is 0. The summed E-state index contributed by atoms with van der Waals surface area (Å²) in [6, 6.07) is 6.50. The number of benzene rings is 1. The molecule has 0 aliphatic rings. The Hall–Kier alpha value is -1.57. The van der Waals surface area contributed by atoms with E-state index in [1.54, 1.807) is 23.2 Å². The Bertz CT molecular complexity index is 721. The van der Waals surface area contributed by atoms with Crippen molar-refractivity contribution in [3.63, 3.8) is 0 Å². The van der Waals surface area contributed by atoms with Crippen LogP contribution in [0.1, 0.15) is 12.1 Å².